The second kappa shape index (κ2) is 6.56. The van der Waals surface area contributed by atoms with Crippen LogP contribution in [0, 0.1) is 0 Å². The first kappa shape index (κ1) is 14.5. The van der Waals surface area contributed by atoms with Crippen molar-refractivity contribution in [3.05, 3.63) is 36.5 Å². The highest BCUT2D eigenvalue weighted by molar-refractivity contribution is 5.69. The third-order valence-electron chi connectivity index (χ3n) is 3.86. The van der Waals surface area contributed by atoms with Crippen LogP contribution in [0.25, 0.3) is 0 Å². The summed E-state index contributed by atoms with van der Waals surface area (Å²) in [6.07, 6.45) is 6.66. The summed E-state index contributed by atoms with van der Waals surface area (Å²) >= 11 is 0. The third kappa shape index (κ3) is 3.24. The zero-order valence-corrected chi connectivity index (χ0v) is 12.7. The third-order valence-corrected chi connectivity index (χ3v) is 3.86. The SMILES string of the molecule is COc1ccc(Nc2ncccc2N)cc1OC1CCCC1. The number of nitrogens with two attached hydrogens (primary N) is 1. The Bertz CT molecular complexity index is 640. The topological polar surface area (TPSA) is 69.4 Å². The van der Waals surface area contributed by atoms with Gasteiger partial charge in [0.1, 0.15) is 0 Å². The maximum atomic E-state index is 6.09. The Labute approximate surface area is 130 Å². The Kier molecular flexibility index (Phi) is 4.32. The Morgan fingerprint density at radius 1 is 1.18 bits per heavy atom. The van der Waals surface area contributed by atoms with E-state index in [2.05, 4.69) is 10.3 Å². The Hall–Kier alpha value is -2.43. The molecule has 0 unspecified atom stereocenters. The van der Waals surface area contributed by atoms with E-state index in [4.69, 9.17) is 15.2 Å². The van der Waals surface area contributed by atoms with Crippen LogP contribution in [0.15, 0.2) is 36.5 Å². The molecule has 116 valence electrons. The van der Waals surface area contributed by atoms with Crippen LogP contribution in [0.2, 0.25) is 0 Å². The van der Waals surface area contributed by atoms with Gasteiger partial charge in [0.2, 0.25) is 0 Å². The van der Waals surface area contributed by atoms with E-state index in [1.54, 1.807) is 13.3 Å². The first-order valence-corrected chi connectivity index (χ1v) is 7.58. The second-order valence-electron chi connectivity index (χ2n) is 5.46. The average Bonchev–Trinajstić information content (AvgIpc) is 3.03. The van der Waals surface area contributed by atoms with Crippen molar-refractivity contribution in [2.24, 2.45) is 0 Å². The van der Waals surface area contributed by atoms with Crippen LogP contribution in [0.5, 0.6) is 11.5 Å². The highest BCUT2D eigenvalue weighted by Crippen LogP contribution is 2.35. The zero-order chi connectivity index (χ0) is 15.4. The summed E-state index contributed by atoms with van der Waals surface area (Å²) in [5.74, 6) is 2.14. The molecule has 1 aromatic heterocycles. The molecule has 0 spiro atoms. The molecular formula is C17H21N3O2. The molecule has 0 aliphatic heterocycles. The lowest BCUT2D eigenvalue weighted by molar-refractivity contribution is 0.201. The summed E-state index contributed by atoms with van der Waals surface area (Å²) in [4.78, 5) is 4.24. The van der Waals surface area contributed by atoms with Crippen LogP contribution in [0.4, 0.5) is 17.2 Å². The molecule has 0 amide bonds. The summed E-state index contributed by atoms with van der Waals surface area (Å²) < 4.78 is 11.5. The van der Waals surface area contributed by atoms with Gasteiger partial charge in [0.25, 0.3) is 0 Å². The Balaban J connectivity index is 1.81. The predicted molar refractivity (Wildman–Crippen MR) is 87.8 cm³/mol. The van der Waals surface area contributed by atoms with Crippen LogP contribution in [0.1, 0.15) is 25.7 Å². The number of hydrogen-bond donors (Lipinski definition) is 2. The van der Waals surface area contributed by atoms with Gasteiger partial charge in [0.15, 0.2) is 17.3 Å². The van der Waals surface area contributed by atoms with E-state index < -0.39 is 0 Å². The van der Waals surface area contributed by atoms with Gasteiger partial charge in [-0.2, -0.15) is 0 Å². The van der Waals surface area contributed by atoms with Crippen molar-refractivity contribution < 1.29 is 9.47 Å². The molecule has 1 fully saturated rings. The fraction of sp³-hybridized carbons (Fsp3) is 0.353. The smallest absolute Gasteiger partial charge is 0.163 e. The zero-order valence-electron chi connectivity index (χ0n) is 12.7. The molecule has 3 rings (SSSR count). The second-order valence-corrected chi connectivity index (χ2v) is 5.46. The molecule has 0 radical (unpaired) electrons. The van der Waals surface area contributed by atoms with Crippen LogP contribution < -0.4 is 20.5 Å². The monoisotopic (exact) mass is 299 g/mol. The van der Waals surface area contributed by atoms with Crippen molar-refractivity contribution in [1.29, 1.82) is 0 Å². The van der Waals surface area contributed by atoms with Crippen molar-refractivity contribution in [2.45, 2.75) is 31.8 Å². The van der Waals surface area contributed by atoms with Crippen LogP contribution in [-0.4, -0.2) is 18.2 Å². The number of nitrogen functional groups attached to an aromatic ring is 1. The minimum Gasteiger partial charge on any atom is -0.493 e. The quantitative estimate of drug-likeness (QED) is 0.880. The summed E-state index contributed by atoms with van der Waals surface area (Å²) in [7, 11) is 1.65. The van der Waals surface area contributed by atoms with Gasteiger partial charge in [-0.15, -0.1) is 0 Å². The van der Waals surface area contributed by atoms with Gasteiger partial charge >= 0.3 is 0 Å². The molecule has 1 aliphatic rings. The number of aromatic nitrogens is 1. The van der Waals surface area contributed by atoms with Crippen molar-refractivity contribution in [3.63, 3.8) is 0 Å². The summed E-state index contributed by atoms with van der Waals surface area (Å²) in [5, 5.41) is 3.22. The number of nitrogens with zero attached hydrogens (tertiary/aromatic N) is 1. The van der Waals surface area contributed by atoms with Crippen molar-refractivity contribution in [2.75, 3.05) is 18.2 Å². The molecule has 1 aromatic carbocycles. The van der Waals surface area contributed by atoms with Gasteiger partial charge in [0, 0.05) is 18.0 Å². The van der Waals surface area contributed by atoms with Gasteiger partial charge in [-0.3, -0.25) is 0 Å². The fourth-order valence-corrected chi connectivity index (χ4v) is 2.69. The van der Waals surface area contributed by atoms with E-state index in [0.717, 1.165) is 30.0 Å². The lowest BCUT2D eigenvalue weighted by atomic mass is 10.2. The van der Waals surface area contributed by atoms with E-state index in [1.807, 2.05) is 30.3 Å². The molecule has 2 aromatic rings. The van der Waals surface area contributed by atoms with E-state index in [9.17, 15) is 0 Å². The van der Waals surface area contributed by atoms with Crippen LogP contribution in [-0.2, 0) is 0 Å². The first-order valence-electron chi connectivity index (χ1n) is 7.58. The van der Waals surface area contributed by atoms with E-state index in [-0.39, 0.29) is 6.10 Å². The molecule has 22 heavy (non-hydrogen) atoms. The number of ether oxygens (including phenoxy) is 2. The number of anilines is 3. The number of benzene rings is 1. The van der Waals surface area contributed by atoms with Gasteiger partial charge in [-0.1, -0.05) is 0 Å². The maximum absolute atomic E-state index is 6.09. The number of pyridine rings is 1. The van der Waals surface area contributed by atoms with Gasteiger partial charge in [0.05, 0.1) is 18.9 Å². The molecule has 3 N–H and O–H groups in total. The van der Waals surface area contributed by atoms with Gasteiger partial charge in [-0.05, 0) is 49.9 Å². The summed E-state index contributed by atoms with van der Waals surface area (Å²) in [6.45, 7) is 0. The van der Waals surface area contributed by atoms with Crippen LogP contribution in [0.3, 0.4) is 0 Å². The fourth-order valence-electron chi connectivity index (χ4n) is 2.69. The highest BCUT2D eigenvalue weighted by Gasteiger charge is 2.18. The Morgan fingerprint density at radius 2 is 2.00 bits per heavy atom. The van der Waals surface area contributed by atoms with Gasteiger partial charge in [-0.25, -0.2) is 4.98 Å². The van der Waals surface area contributed by atoms with Crippen LogP contribution >= 0.6 is 0 Å². The normalized spacial score (nSPS) is 14.8. The highest BCUT2D eigenvalue weighted by atomic mass is 16.5. The molecule has 0 bridgehead atoms. The number of nitrogens with one attached hydrogen (secondary N) is 1. The molecule has 0 saturated heterocycles. The molecule has 1 saturated carbocycles. The van der Waals surface area contributed by atoms with E-state index in [1.165, 1.54) is 12.8 Å². The predicted octanol–water partition coefficient (Wildman–Crippen LogP) is 3.74. The number of rotatable bonds is 5. The maximum Gasteiger partial charge on any atom is 0.163 e. The van der Waals surface area contributed by atoms with Crippen molar-refractivity contribution in [1.82, 2.24) is 4.98 Å². The molecule has 5 heteroatoms. The minimum atomic E-state index is 0.282. The minimum absolute atomic E-state index is 0.282. The van der Waals surface area contributed by atoms with Gasteiger partial charge < -0.3 is 20.5 Å². The van der Waals surface area contributed by atoms with E-state index >= 15 is 0 Å². The first-order chi connectivity index (χ1) is 10.8. The number of methoxy groups -OCH3 is 1. The Morgan fingerprint density at radius 3 is 2.73 bits per heavy atom. The summed E-state index contributed by atoms with van der Waals surface area (Å²) in [5.41, 5.74) is 7.40. The van der Waals surface area contributed by atoms with Crippen molar-refractivity contribution in [3.8, 4) is 11.5 Å². The lowest BCUT2D eigenvalue weighted by Crippen LogP contribution is -2.11. The number of hydrogen-bond acceptors (Lipinski definition) is 5. The molecular weight excluding hydrogens is 278 g/mol. The standard InChI is InChI=1S/C17H21N3O2/c1-21-15-9-8-12(20-17-14(18)7-4-10-19-17)11-16(15)22-13-5-2-3-6-13/h4,7-11,13H,2-3,5-6,18H2,1H3,(H,19,20). The average molecular weight is 299 g/mol. The largest absolute Gasteiger partial charge is 0.493 e. The molecule has 1 heterocycles. The lowest BCUT2D eigenvalue weighted by Gasteiger charge is -2.17. The summed E-state index contributed by atoms with van der Waals surface area (Å²) in [6, 6.07) is 9.38. The molecule has 0 atom stereocenters. The van der Waals surface area contributed by atoms with E-state index in [0.29, 0.717) is 11.5 Å². The van der Waals surface area contributed by atoms with Crippen molar-refractivity contribution >= 4 is 17.2 Å². The molecule has 1 aliphatic carbocycles. The molecule has 5 nitrogen and oxygen atoms in total.